The van der Waals surface area contributed by atoms with Crippen LogP contribution in [0.3, 0.4) is 0 Å². The SMILES string of the molecule is O=C(Nc1nnc(-c2cc(Cl)cc(Cl)c2)o1)c1ccc(F)cc1. The van der Waals surface area contributed by atoms with E-state index >= 15 is 0 Å². The van der Waals surface area contributed by atoms with Crippen LogP contribution in [-0.2, 0) is 0 Å². The zero-order valence-electron chi connectivity index (χ0n) is 11.4. The number of hydrogen-bond donors (Lipinski definition) is 1. The van der Waals surface area contributed by atoms with E-state index in [2.05, 4.69) is 15.5 Å². The number of carbonyl (C=O) groups excluding carboxylic acids is 1. The quantitative estimate of drug-likeness (QED) is 0.757. The molecule has 5 nitrogen and oxygen atoms in total. The normalized spacial score (nSPS) is 10.6. The van der Waals surface area contributed by atoms with Gasteiger partial charge in [0.2, 0.25) is 5.89 Å². The van der Waals surface area contributed by atoms with Gasteiger partial charge in [-0.25, -0.2) is 4.39 Å². The second-order valence-corrected chi connectivity index (χ2v) is 5.40. The van der Waals surface area contributed by atoms with E-state index in [0.717, 1.165) is 0 Å². The van der Waals surface area contributed by atoms with Crippen molar-refractivity contribution in [3.8, 4) is 11.5 Å². The summed E-state index contributed by atoms with van der Waals surface area (Å²) in [5.74, 6) is -0.771. The molecule has 1 N–H and O–H groups in total. The lowest BCUT2D eigenvalue weighted by atomic mass is 10.2. The fourth-order valence-electron chi connectivity index (χ4n) is 1.84. The Morgan fingerprint density at radius 3 is 2.35 bits per heavy atom. The van der Waals surface area contributed by atoms with Crippen LogP contribution in [0.1, 0.15) is 10.4 Å². The lowest BCUT2D eigenvalue weighted by Gasteiger charge is -2.00. The van der Waals surface area contributed by atoms with Crippen LogP contribution in [0, 0.1) is 5.82 Å². The smallest absolute Gasteiger partial charge is 0.322 e. The second-order valence-electron chi connectivity index (χ2n) is 4.53. The number of carbonyl (C=O) groups is 1. The number of halogens is 3. The van der Waals surface area contributed by atoms with Gasteiger partial charge in [0.1, 0.15) is 5.82 Å². The maximum atomic E-state index is 12.8. The molecule has 8 heteroatoms. The van der Waals surface area contributed by atoms with Crippen LogP contribution in [-0.4, -0.2) is 16.1 Å². The Bertz CT molecular complexity index is 845. The topological polar surface area (TPSA) is 68.0 Å². The Labute approximate surface area is 140 Å². The number of anilines is 1. The molecular formula is C15H8Cl2FN3O2. The van der Waals surface area contributed by atoms with Crippen molar-refractivity contribution >= 4 is 35.1 Å². The fraction of sp³-hybridized carbons (Fsp3) is 0. The van der Waals surface area contributed by atoms with Gasteiger partial charge in [0.05, 0.1) is 0 Å². The van der Waals surface area contributed by atoms with Crippen LogP contribution in [0.4, 0.5) is 10.4 Å². The molecule has 0 spiro atoms. The van der Waals surface area contributed by atoms with Crippen molar-refractivity contribution in [1.82, 2.24) is 10.2 Å². The van der Waals surface area contributed by atoms with Gasteiger partial charge in [-0.1, -0.05) is 28.3 Å². The average molecular weight is 352 g/mol. The highest BCUT2D eigenvalue weighted by Gasteiger charge is 2.13. The first-order chi connectivity index (χ1) is 11.0. The Kier molecular flexibility index (Phi) is 4.27. The molecule has 0 aliphatic rings. The molecule has 0 saturated heterocycles. The van der Waals surface area contributed by atoms with Gasteiger partial charge in [-0.15, -0.1) is 5.10 Å². The molecule has 2 aromatic carbocycles. The van der Waals surface area contributed by atoms with Gasteiger partial charge in [-0.2, -0.15) is 0 Å². The van der Waals surface area contributed by atoms with Crippen molar-refractivity contribution in [2.24, 2.45) is 0 Å². The first-order valence-corrected chi connectivity index (χ1v) is 7.14. The number of benzene rings is 2. The Morgan fingerprint density at radius 2 is 1.70 bits per heavy atom. The van der Waals surface area contributed by atoms with Crippen LogP contribution in [0.25, 0.3) is 11.5 Å². The number of amides is 1. The molecule has 23 heavy (non-hydrogen) atoms. The van der Waals surface area contributed by atoms with Crippen LogP contribution in [0.15, 0.2) is 46.9 Å². The van der Waals surface area contributed by atoms with E-state index in [1.165, 1.54) is 24.3 Å². The molecule has 1 amide bonds. The van der Waals surface area contributed by atoms with E-state index in [0.29, 0.717) is 15.6 Å². The maximum Gasteiger partial charge on any atom is 0.322 e. The highest BCUT2D eigenvalue weighted by Crippen LogP contribution is 2.27. The molecule has 1 heterocycles. The first kappa shape index (κ1) is 15.5. The predicted molar refractivity (Wildman–Crippen MR) is 84.1 cm³/mol. The lowest BCUT2D eigenvalue weighted by Crippen LogP contribution is -2.12. The van der Waals surface area contributed by atoms with E-state index in [4.69, 9.17) is 27.6 Å². The van der Waals surface area contributed by atoms with Gasteiger partial charge < -0.3 is 4.42 Å². The summed E-state index contributed by atoms with van der Waals surface area (Å²) in [6.07, 6.45) is 0. The largest absolute Gasteiger partial charge is 0.403 e. The van der Waals surface area contributed by atoms with Crippen molar-refractivity contribution < 1.29 is 13.6 Å². The number of hydrogen-bond acceptors (Lipinski definition) is 4. The number of rotatable bonds is 3. The van der Waals surface area contributed by atoms with E-state index in [9.17, 15) is 9.18 Å². The minimum Gasteiger partial charge on any atom is -0.403 e. The Hall–Kier alpha value is -2.44. The summed E-state index contributed by atoms with van der Waals surface area (Å²) in [4.78, 5) is 12.0. The summed E-state index contributed by atoms with van der Waals surface area (Å²) in [5.41, 5.74) is 0.786. The van der Waals surface area contributed by atoms with Crippen molar-refractivity contribution in [2.75, 3.05) is 5.32 Å². The van der Waals surface area contributed by atoms with Crippen molar-refractivity contribution in [1.29, 1.82) is 0 Å². The third-order valence-corrected chi connectivity index (χ3v) is 3.30. The molecule has 0 bridgehead atoms. The van der Waals surface area contributed by atoms with Crippen LogP contribution < -0.4 is 5.32 Å². The van der Waals surface area contributed by atoms with Gasteiger partial charge in [0, 0.05) is 21.2 Å². The summed E-state index contributed by atoms with van der Waals surface area (Å²) >= 11 is 11.8. The van der Waals surface area contributed by atoms with E-state index < -0.39 is 11.7 Å². The molecule has 0 radical (unpaired) electrons. The van der Waals surface area contributed by atoms with Gasteiger partial charge in [0.15, 0.2) is 0 Å². The minimum absolute atomic E-state index is 0.0922. The van der Waals surface area contributed by atoms with Crippen molar-refractivity contribution in [3.05, 3.63) is 63.9 Å². The summed E-state index contributed by atoms with van der Waals surface area (Å²) in [7, 11) is 0. The molecule has 3 aromatic rings. The van der Waals surface area contributed by atoms with Gasteiger partial charge >= 0.3 is 6.01 Å². The van der Waals surface area contributed by atoms with Crippen LogP contribution >= 0.6 is 23.2 Å². The lowest BCUT2D eigenvalue weighted by molar-refractivity contribution is 0.102. The fourth-order valence-corrected chi connectivity index (χ4v) is 2.36. The summed E-state index contributed by atoms with van der Waals surface area (Å²) in [6, 6.07) is 9.74. The molecule has 0 atom stereocenters. The molecule has 1 aromatic heterocycles. The highest BCUT2D eigenvalue weighted by atomic mass is 35.5. The standard InChI is InChI=1S/C15H8Cl2FN3O2/c16-10-5-9(6-11(17)7-10)14-20-21-15(23-14)19-13(22)8-1-3-12(18)4-2-8/h1-7H,(H,19,21,22). The molecule has 3 rings (SSSR count). The molecule has 0 unspecified atom stereocenters. The van der Waals surface area contributed by atoms with E-state index in [-0.39, 0.29) is 17.5 Å². The third-order valence-electron chi connectivity index (χ3n) is 2.86. The Morgan fingerprint density at radius 1 is 1.04 bits per heavy atom. The third kappa shape index (κ3) is 3.67. The van der Waals surface area contributed by atoms with Crippen molar-refractivity contribution in [3.63, 3.8) is 0 Å². The zero-order chi connectivity index (χ0) is 16.4. The number of nitrogens with one attached hydrogen (secondary N) is 1. The van der Waals surface area contributed by atoms with Gasteiger partial charge in [0.25, 0.3) is 5.91 Å². The van der Waals surface area contributed by atoms with Gasteiger partial charge in [-0.3, -0.25) is 10.1 Å². The molecule has 0 saturated carbocycles. The van der Waals surface area contributed by atoms with Gasteiger partial charge in [-0.05, 0) is 42.5 Å². The second kappa shape index (κ2) is 6.36. The van der Waals surface area contributed by atoms with Crippen LogP contribution in [0.2, 0.25) is 10.0 Å². The zero-order valence-corrected chi connectivity index (χ0v) is 12.9. The Balaban J connectivity index is 1.79. The number of nitrogens with zero attached hydrogens (tertiary/aromatic N) is 2. The average Bonchev–Trinajstić information content (AvgIpc) is 2.95. The van der Waals surface area contributed by atoms with Crippen LogP contribution in [0.5, 0.6) is 0 Å². The molecule has 0 aliphatic carbocycles. The number of aromatic nitrogens is 2. The molecule has 116 valence electrons. The highest BCUT2D eigenvalue weighted by molar-refractivity contribution is 6.35. The predicted octanol–water partition coefficient (Wildman–Crippen LogP) is 4.43. The monoisotopic (exact) mass is 351 g/mol. The molecule has 0 aliphatic heterocycles. The van der Waals surface area contributed by atoms with E-state index in [1.54, 1.807) is 18.2 Å². The first-order valence-electron chi connectivity index (χ1n) is 6.38. The minimum atomic E-state index is -0.496. The van der Waals surface area contributed by atoms with E-state index in [1.807, 2.05) is 0 Å². The summed E-state index contributed by atoms with van der Waals surface area (Å²) < 4.78 is 18.2. The summed E-state index contributed by atoms with van der Waals surface area (Å²) in [5, 5.41) is 10.8. The molecule has 0 fully saturated rings. The van der Waals surface area contributed by atoms with Crippen molar-refractivity contribution in [2.45, 2.75) is 0 Å². The maximum absolute atomic E-state index is 12.8. The summed E-state index contributed by atoms with van der Waals surface area (Å²) in [6.45, 7) is 0. The molecular weight excluding hydrogens is 344 g/mol.